The predicted octanol–water partition coefficient (Wildman–Crippen LogP) is 4.02. The SMILES string of the molecule is CC(C)n1ncc2cnc(C(=O)NC3(c4ccc(-c5cncn([C@H](C)C6CC6)c5=O)cc4)CC3)nc21. The van der Waals surface area contributed by atoms with Crippen LogP contribution in [-0.2, 0) is 5.54 Å². The van der Waals surface area contributed by atoms with Crippen LogP contribution in [0, 0.1) is 5.92 Å². The van der Waals surface area contributed by atoms with Crippen molar-refractivity contribution in [2.24, 2.45) is 5.92 Å². The zero-order valence-corrected chi connectivity index (χ0v) is 20.7. The molecule has 1 N–H and O–H groups in total. The normalized spacial score (nSPS) is 17.3. The van der Waals surface area contributed by atoms with Crippen LogP contribution >= 0.6 is 0 Å². The van der Waals surface area contributed by atoms with Crippen molar-refractivity contribution in [1.82, 2.24) is 34.6 Å². The Morgan fingerprint density at radius 1 is 1.08 bits per heavy atom. The number of benzene rings is 1. The molecule has 1 aromatic carbocycles. The summed E-state index contributed by atoms with van der Waals surface area (Å²) in [6, 6.07) is 8.15. The molecule has 36 heavy (non-hydrogen) atoms. The maximum Gasteiger partial charge on any atom is 0.289 e. The molecule has 0 unspecified atom stereocenters. The molecule has 2 aliphatic rings. The molecule has 2 fully saturated rings. The van der Waals surface area contributed by atoms with Gasteiger partial charge in [-0.15, -0.1) is 0 Å². The minimum Gasteiger partial charge on any atom is -0.340 e. The number of nitrogens with one attached hydrogen (secondary N) is 1. The third-order valence-electron chi connectivity index (χ3n) is 7.48. The van der Waals surface area contributed by atoms with Crippen LogP contribution in [0.4, 0.5) is 0 Å². The summed E-state index contributed by atoms with van der Waals surface area (Å²) >= 11 is 0. The Hall–Kier alpha value is -3.88. The molecule has 0 spiro atoms. The first-order valence-electron chi connectivity index (χ1n) is 12.6. The summed E-state index contributed by atoms with van der Waals surface area (Å²) in [7, 11) is 0. The Labute approximate surface area is 208 Å². The lowest BCUT2D eigenvalue weighted by molar-refractivity contribution is 0.0920. The molecule has 1 atom stereocenters. The molecule has 0 radical (unpaired) electrons. The predicted molar refractivity (Wildman–Crippen MR) is 135 cm³/mol. The van der Waals surface area contributed by atoms with Gasteiger partial charge in [-0.25, -0.2) is 19.6 Å². The maximum atomic E-state index is 13.1. The van der Waals surface area contributed by atoms with E-state index in [2.05, 4.69) is 32.3 Å². The van der Waals surface area contributed by atoms with Crippen LogP contribution in [0.25, 0.3) is 22.2 Å². The molecule has 9 heteroatoms. The highest BCUT2D eigenvalue weighted by molar-refractivity contribution is 5.93. The summed E-state index contributed by atoms with van der Waals surface area (Å²) < 4.78 is 3.54. The molecule has 0 aliphatic heterocycles. The van der Waals surface area contributed by atoms with Crippen LogP contribution in [0.1, 0.15) is 74.7 Å². The lowest BCUT2D eigenvalue weighted by Gasteiger charge is -2.18. The zero-order chi connectivity index (χ0) is 25.0. The van der Waals surface area contributed by atoms with Crippen molar-refractivity contribution in [3.05, 3.63) is 70.9 Å². The van der Waals surface area contributed by atoms with Crippen molar-refractivity contribution in [3.63, 3.8) is 0 Å². The first kappa shape index (κ1) is 22.6. The second-order valence-corrected chi connectivity index (χ2v) is 10.4. The van der Waals surface area contributed by atoms with Crippen molar-refractivity contribution < 1.29 is 4.79 Å². The van der Waals surface area contributed by atoms with Crippen molar-refractivity contribution in [1.29, 1.82) is 0 Å². The van der Waals surface area contributed by atoms with Gasteiger partial charge in [0.05, 0.1) is 29.0 Å². The molecule has 3 aromatic heterocycles. The first-order chi connectivity index (χ1) is 17.4. The van der Waals surface area contributed by atoms with Gasteiger partial charge in [-0.05, 0) is 63.5 Å². The van der Waals surface area contributed by atoms with E-state index in [0.29, 0.717) is 17.1 Å². The summed E-state index contributed by atoms with van der Waals surface area (Å²) in [6.45, 7) is 6.13. The summed E-state index contributed by atoms with van der Waals surface area (Å²) in [5, 5.41) is 8.30. The molecule has 6 rings (SSSR count). The molecule has 0 bridgehead atoms. The number of hydrogen-bond acceptors (Lipinski definition) is 6. The van der Waals surface area contributed by atoms with E-state index in [0.717, 1.165) is 29.4 Å². The van der Waals surface area contributed by atoms with E-state index < -0.39 is 5.54 Å². The fourth-order valence-corrected chi connectivity index (χ4v) is 4.90. The standard InChI is InChI=1S/C27H29N7O2/c1-16(2)34-24-20(13-30-34)12-29-23(31-24)25(35)32-27(10-11-27)21-8-6-19(7-9-21)22-14-28-15-33(26(22)36)17(3)18-4-5-18/h6-9,12-18H,4-5,10-11H2,1-3H3,(H,32,35)/t17-/m1/s1. The van der Waals surface area contributed by atoms with E-state index in [9.17, 15) is 9.59 Å². The third kappa shape index (κ3) is 3.88. The Balaban J connectivity index is 1.23. The number of amides is 1. The van der Waals surface area contributed by atoms with Crippen LogP contribution in [0.2, 0.25) is 0 Å². The van der Waals surface area contributed by atoms with Crippen LogP contribution in [0.5, 0.6) is 0 Å². The zero-order valence-electron chi connectivity index (χ0n) is 20.7. The second kappa shape index (κ2) is 8.36. The molecular formula is C27H29N7O2. The Bertz CT molecular complexity index is 1510. The van der Waals surface area contributed by atoms with Crippen molar-refractivity contribution >= 4 is 16.9 Å². The number of nitrogens with zero attached hydrogens (tertiary/aromatic N) is 6. The monoisotopic (exact) mass is 483 g/mol. The fraction of sp³-hybridized carbons (Fsp3) is 0.407. The minimum atomic E-state index is -0.443. The van der Waals surface area contributed by atoms with Crippen LogP contribution in [-0.4, -0.2) is 35.2 Å². The van der Waals surface area contributed by atoms with Gasteiger partial charge in [-0.1, -0.05) is 24.3 Å². The van der Waals surface area contributed by atoms with E-state index in [1.807, 2.05) is 38.1 Å². The molecular weight excluding hydrogens is 454 g/mol. The van der Waals surface area contributed by atoms with Crippen molar-refractivity contribution in [2.75, 3.05) is 0 Å². The minimum absolute atomic E-state index is 0.0141. The Morgan fingerprint density at radius 3 is 2.50 bits per heavy atom. The number of rotatable bonds is 7. The van der Waals surface area contributed by atoms with E-state index >= 15 is 0 Å². The molecule has 184 valence electrons. The molecule has 4 aromatic rings. The lowest BCUT2D eigenvalue weighted by atomic mass is 10.0. The lowest BCUT2D eigenvalue weighted by Crippen LogP contribution is -2.36. The summed E-state index contributed by atoms with van der Waals surface area (Å²) in [5.41, 5.74) is 2.61. The van der Waals surface area contributed by atoms with Gasteiger partial charge in [-0.2, -0.15) is 5.10 Å². The number of fused-ring (bicyclic) bond motifs is 1. The highest BCUT2D eigenvalue weighted by atomic mass is 16.2. The number of carbonyl (C=O) groups excluding carboxylic acids is 1. The molecule has 2 saturated carbocycles. The van der Waals surface area contributed by atoms with E-state index in [1.165, 1.54) is 12.8 Å². The number of aromatic nitrogens is 6. The molecule has 9 nitrogen and oxygen atoms in total. The van der Waals surface area contributed by atoms with E-state index in [1.54, 1.807) is 34.2 Å². The first-order valence-corrected chi connectivity index (χ1v) is 12.6. The van der Waals surface area contributed by atoms with Gasteiger partial charge in [0, 0.05) is 24.5 Å². The summed E-state index contributed by atoms with van der Waals surface area (Å²) in [4.78, 5) is 39.3. The number of carbonyl (C=O) groups is 1. The van der Waals surface area contributed by atoms with Crippen molar-refractivity contribution in [3.8, 4) is 11.1 Å². The smallest absolute Gasteiger partial charge is 0.289 e. The van der Waals surface area contributed by atoms with E-state index in [4.69, 9.17) is 0 Å². The quantitative estimate of drug-likeness (QED) is 0.425. The largest absolute Gasteiger partial charge is 0.340 e. The van der Waals surface area contributed by atoms with Gasteiger partial charge in [0.25, 0.3) is 11.5 Å². The fourth-order valence-electron chi connectivity index (χ4n) is 4.90. The topological polar surface area (TPSA) is 108 Å². The molecule has 3 heterocycles. The van der Waals surface area contributed by atoms with Crippen LogP contribution in [0.15, 0.2) is 54.0 Å². The molecule has 2 aliphatic carbocycles. The van der Waals surface area contributed by atoms with Gasteiger partial charge in [0.1, 0.15) is 0 Å². The summed E-state index contributed by atoms with van der Waals surface area (Å²) in [6.07, 6.45) is 10.6. The maximum absolute atomic E-state index is 13.1. The van der Waals surface area contributed by atoms with Crippen LogP contribution in [0.3, 0.4) is 0 Å². The molecule has 0 saturated heterocycles. The Morgan fingerprint density at radius 2 is 1.83 bits per heavy atom. The van der Waals surface area contributed by atoms with Gasteiger partial charge >= 0.3 is 0 Å². The molecule has 1 amide bonds. The van der Waals surface area contributed by atoms with Gasteiger partial charge in [0.15, 0.2) is 5.65 Å². The van der Waals surface area contributed by atoms with Crippen molar-refractivity contribution in [2.45, 2.75) is 64.1 Å². The third-order valence-corrected chi connectivity index (χ3v) is 7.48. The van der Waals surface area contributed by atoms with Crippen LogP contribution < -0.4 is 10.9 Å². The van der Waals surface area contributed by atoms with Gasteiger partial charge in [0.2, 0.25) is 5.82 Å². The van der Waals surface area contributed by atoms with E-state index in [-0.39, 0.29) is 29.4 Å². The highest BCUT2D eigenvalue weighted by Crippen LogP contribution is 2.46. The number of hydrogen-bond donors (Lipinski definition) is 1. The average molecular weight is 484 g/mol. The average Bonchev–Trinajstić information content (AvgIpc) is 3.81. The van der Waals surface area contributed by atoms with Gasteiger partial charge < -0.3 is 5.32 Å². The second-order valence-electron chi connectivity index (χ2n) is 10.4. The summed E-state index contributed by atoms with van der Waals surface area (Å²) in [5.74, 6) is 0.392. The van der Waals surface area contributed by atoms with Gasteiger partial charge in [-0.3, -0.25) is 14.2 Å². The Kier molecular flexibility index (Phi) is 5.24. The highest BCUT2D eigenvalue weighted by Gasteiger charge is 2.46.